The van der Waals surface area contributed by atoms with Gasteiger partial charge in [0.15, 0.2) is 5.96 Å². The molecule has 0 bridgehead atoms. The fourth-order valence-corrected chi connectivity index (χ4v) is 3.38. The molecule has 0 saturated carbocycles. The highest BCUT2D eigenvalue weighted by Gasteiger charge is 2.21. The first-order valence-corrected chi connectivity index (χ1v) is 9.75. The summed E-state index contributed by atoms with van der Waals surface area (Å²) in [6.45, 7) is 10.7. The summed E-state index contributed by atoms with van der Waals surface area (Å²) in [5.41, 5.74) is 0. The molecule has 2 N–H and O–H groups in total. The molecule has 1 heterocycles. The van der Waals surface area contributed by atoms with Gasteiger partial charge in [0.2, 0.25) is 0 Å². The minimum Gasteiger partial charge on any atom is -0.383 e. The second kappa shape index (κ2) is 12.4. The largest absolute Gasteiger partial charge is 0.383 e. The van der Waals surface area contributed by atoms with Crippen LogP contribution in [-0.4, -0.2) is 78.6 Å². The number of likely N-dealkylation sites (tertiary alicyclic amines) is 1. The number of hydrogen-bond acceptors (Lipinski definition) is 4. The number of hydrogen-bond donors (Lipinski definition) is 2. The van der Waals surface area contributed by atoms with Gasteiger partial charge in [0.05, 0.1) is 6.61 Å². The lowest BCUT2D eigenvalue weighted by Gasteiger charge is -2.32. The molecule has 1 aliphatic heterocycles. The summed E-state index contributed by atoms with van der Waals surface area (Å²) in [7, 11) is 2.69. The third kappa shape index (κ3) is 9.53. The van der Waals surface area contributed by atoms with Gasteiger partial charge in [0.1, 0.15) is 0 Å². The lowest BCUT2D eigenvalue weighted by atomic mass is 10.1. The predicted molar refractivity (Wildman–Crippen MR) is 114 cm³/mol. The van der Waals surface area contributed by atoms with Crippen molar-refractivity contribution in [3.63, 3.8) is 0 Å². The summed E-state index contributed by atoms with van der Waals surface area (Å²) in [4.78, 5) is 6.71. The molecular weight excluding hydrogens is 439 g/mol. The number of methoxy groups -OCH3 is 1. The number of aliphatic imine (C=N–C) groups is 1. The van der Waals surface area contributed by atoms with E-state index in [2.05, 4.69) is 20.5 Å². The van der Waals surface area contributed by atoms with Crippen molar-refractivity contribution in [2.24, 2.45) is 4.99 Å². The van der Waals surface area contributed by atoms with Crippen LogP contribution in [0.15, 0.2) is 4.99 Å². The Bertz CT molecular complexity index is 394. The maximum Gasteiger partial charge on any atom is 0.191 e. The summed E-state index contributed by atoms with van der Waals surface area (Å²) in [5.74, 6) is 1.45. The molecule has 0 aromatic rings. The van der Waals surface area contributed by atoms with E-state index in [4.69, 9.17) is 4.74 Å². The number of nitrogens with one attached hydrogen (secondary N) is 2. The minimum absolute atomic E-state index is 0. The fourth-order valence-electron chi connectivity index (χ4n) is 2.48. The third-order valence-electron chi connectivity index (χ3n) is 4.03. The Balaban J connectivity index is 0.00000529. The molecule has 1 aliphatic rings. The smallest absolute Gasteiger partial charge is 0.191 e. The summed E-state index contributed by atoms with van der Waals surface area (Å²) < 4.78 is 17.0. The second-order valence-corrected chi connectivity index (χ2v) is 9.24. The van der Waals surface area contributed by atoms with Crippen molar-refractivity contribution in [1.29, 1.82) is 0 Å². The molecule has 1 fully saturated rings. The van der Waals surface area contributed by atoms with E-state index in [-0.39, 0.29) is 28.7 Å². The van der Waals surface area contributed by atoms with E-state index in [0.29, 0.717) is 18.3 Å². The molecule has 8 heteroatoms. The van der Waals surface area contributed by atoms with E-state index in [1.165, 1.54) is 0 Å². The van der Waals surface area contributed by atoms with Gasteiger partial charge in [-0.05, 0) is 33.6 Å². The van der Waals surface area contributed by atoms with Gasteiger partial charge in [-0.3, -0.25) is 9.20 Å². The van der Waals surface area contributed by atoms with Crippen molar-refractivity contribution < 1.29 is 8.95 Å². The standard InChI is InChI=1S/C16H34N4O2S.HI/c1-16(2,3)23(21)13-8-18-15(17-4)19-14-6-9-20(10-7-14)11-12-22-5;/h14H,6-13H2,1-5H3,(H2,17,18,19);1H. The van der Waals surface area contributed by atoms with Crippen LogP contribution < -0.4 is 10.6 Å². The Hall–Kier alpha value is 0.0700. The minimum atomic E-state index is -0.834. The van der Waals surface area contributed by atoms with Crippen LogP contribution in [-0.2, 0) is 15.5 Å². The highest BCUT2D eigenvalue weighted by molar-refractivity contribution is 14.0. The number of halogens is 1. The molecular formula is C16H35IN4O2S. The third-order valence-corrected chi connectivity index (χ3v) is 5.97. The Kier molecular flexibility index (Phi) is 12.5. The molecule has 0 aromatic heterocycles. The van der Waals surface area contributed by atoms with Crippen molar-refractivity contribution in [2.45, 2.75) is 44.4 Å². The maximum atomic E-state index is 12.0. The van der Waals surface area contributed by atoms with Crippen LogP contribution in [0.4, 0.5) is 0 Å². The van der Waals surface area contributed by atoms with Gasteiger partial charge < -0.3 is 20.3 Å². The predicted octanol–water partition coefficient (Wildman–Crippen LogP) is 1.43. The van der Waals surface area contributed by atoms with E-state index in [1.54, 1.807) is 14.2 Å². The number of nitrogens with zero attached hydrogens (tertiary/aromatic N) is 2. The quantitative estimate of drug-likeness (QED) is 0.332. The highest BCUT2D eigenvalue weighted by Crippen LogP contribution is 2.11. The zero-order valence-electron chi connectivity index (χ0n) is 15.8. The zero-order valence-corrected chi connectivity index (χ0v) is 18.9. The first-order chi connectivity index (χ1) is 10.9. The topological polar surface area (TPSA) is 66.0 Å². The van der Waals surface area contributed by atoms with Crippen LogP contribution in [0.2, 0.25) is 0 Å². The van der Waals surface area contributed by atoms with Crippen molar-refractivity contribution in [3.8, 4) is 0 Å². The molecule has 144 valence electrons. The Morgan fingerprint density at radius 2 is 1.96 bits per heavy atom. The van der Waals surface area contributed by atoms with Gasteiger partial charge in [-0.15, -0.1) is 24.0 Å². The van der Waals surface area contributed by atoms with Crippen LogP contribution >= 0.6 is 24.0 Å². The molecule has 0 aliphatic carbocycles. The average Bonchev–Trinajstić information content (AvgIpc) is 2.52. The SMILES string of the molecule is CN=C(NCCS(=O)C(C)(C)C)NC1CCN(CCOC)CC1.I. The van der Waals surface area contributed by atoms with Crippen LogP contribution in [0.1, 0.15) is 33.6 Å². The monoisotopic (exact) mass is 474 g/mol. The van der Waals surface area contributed by atoms with Crippen LogP contribution in [0.5, 0.6) is 0 Å². The molecule has 24 heavy (non-hydrogen) atoms. The van der Waals surface area contributed by atoms with Gasteiger partial charge >= 0.3 is 0 Å². The molecule has 0 radical (unpaired) electrons. The van der Waals surface area contributed by atoms with Gasteiger partial charge in [0, 0.05) is 67.7 Å². The van der Waals surface area contributed by atoms with E-state index >= 15 is 0 Å². The van der Waals surface area contributed by atoms with Gasteiger partial charge in [0.25, 0.3) is 0 Å². The van der Waals surface area contributed by atoms with Crippen LogP contribution in [0.3, 0.4) is 0 Å². The lowest BCUT2D eigenvalue weighted by Crippen LogP contribution is -2.49. The summed E-state index contributed by atoms with van der Waals surface area (Å²) >= 11 is 0. The van der Waals surface area contributed by atoms with Gasteiger partial charge in [-0.2, -0.15) is 0 Å². The van der Waals surface area contributed by atoms with Gasteiger partial charge in [-0.25, -0.2) is 0 Å². The summed E-state index contributed by atoms with van der Waals surface area (Å²) in [6.07, 6.45) is 2.22. The van der Waals surface area contributed by atoms with Crippen molar-refractivity contribution in [2.75, 3.05) is 52.7 Å². The molecule has 6 nitrogen and oxygen atoms in total. The molecule has 1 saturated heterocycles. The zero-order chi connectivity index (χ0) is 17.3. The number of rotatable bonds is 7. The fraction of sp³-hybridized carbons (Fsp3) is 0.938. The van der Waals surface area contributed by atoms with Crippen molar-refractivity contribution in [3.05, 3.63) is 0 Å². The first-order valence-electron chi connectivity index (χ1n) is 8.43. The molecule has 0 aromatic carbocycles. The highest BCUT2D eigenvalue weighted by atomic mass is 127. The van der Waals surface area contributed by atoms with Crippen LogP contribution in [0.25, 0.3) is 0 Å². The molecule has 0 spiro atoms. The molecule has 1 rings (SSSR count). The normalized spacial score (nSPS) is 18.8. The van der Waals surface area contributed by atoms with E-state index in [0.717, 1.165) is 45.0 Å². The number of ether oxygens (including phenoxy) is 1. The lowest BCUT2D eigenvalue weighted by molar-refractivity contribution is 0.128. The van der Waals surface area contributed by atoms with Crippen LogP contribution in [0, 0.1) is 0 Å². The molecule has 1 unspecified atom stereocenters. The average molecular weight is 474 g/mol. The first kappa shape index (κ1) is 24.1. The van der Waals surface area contributed by atoms with Crippen molar-refractivity contribution >= 4 is 40.7 Å². The second-order valence-electron chi connectivity index (χ2n) is 6.91. The Morgan fingerprint density at radius 3 is 2.46 bits per heavy atom. The summed E-state index contributed by atoms with van der Waals surface area (Å²) in [5, 5.41) is 6.75. The molecule has 0 amide bonds. The Labute approximate surface area is 167 Å². The maximum absolute atomic E-state index is 12.0. The van der Waals surface area contributed by atoms with E-state index in [1.807, 2.05) is 20.8 Å². The summed E-state index contributed by atoms with van der Waals surface area (Å²) in [6, 6.07) is 0.452. The molecule has 1 atom stereocenters. The van der Waals surface area contributed by atoms with Gasteiger partial charge in [-0.1, -0.05) is 0 Å². The van der Waals surface area contributed by atoms with E-state index in [9.17, 15) is 4.21 Å². The number of guanidine groups is 1. The Morgan fingerprint density at radius 1 is 1.33 bits per heavy atom. The van der Waals surface area contributed by atoms with Crippen molar-refractivity contribution in [1.82, 2.24) is 15.5 Å². The number of piperidine rings is 1. The van der Waals surface area contributed by atoms with E-state index < -0.39 is 10.8 Å².